The Morgan fingerprint density at radius 1 is 0.692 bits per heavy atom. The van der Waals surface area contributed by atoms with Gasteiger partial charge < -0.3 is 71.0 Å². The van der Waals surface area contributed by atoms with E-state index >= 15 is 0 Å². The number of primary amides is 1. The number of likely N-dealkylation sites (tertiary alicyclic amines) is 1. The third-order valence-electron chi connectivity index (χ3n) is 13.2. The average Bonchev–Trinajstić information content (AvgIpc) is 3.65. The van der Waals surface area contributed by atoms with Crippen LogP contribution in [0.15, 0.2) is 0 Å². The summed E-state index contributed by atoms with van der Waals surface area (Å²) >= 11 is 1.11. The zero-order valence-corrected chi connectivity index (χ0v) is 47.6. The second-order valence-electron chi connectivity index (χ2n) is 19.6. The lowest BCUT2D eigenvalue weighted by atomic mass is 9.79. The van der Waals surface area contributed by atoms with Crippen LogP contribution in [0.4, 0.5) is 0 Å². The second-order valence-corrected chi connectivity index (χ2v) is 24.9. The summed E-state index contributed by atoms with van der Waals surface area (Å²) < 4.78 is 44.8. The summed E-state index contributed by atoms with van der Waals surface area (Å²) in [4.78, 5) is 151. The van der Waals surface area contributed by atoms with Gasteiger partial charge in [-0.3, -0.25) is 57.2 Å². The zero-order valence-electron chi connectivity index (χ0n) is 45.0. The number of carbonyl (C=O) groups excluding carboxylic acids is 9. The number of amides is 6. The Labute approximate surface area is 460 Å². The van der Waals surface area contributed by atoms with Gasteiger partial charge in [-0.05, 0) is 89.4 Å². The Bertz CT molecular complexity index is 2000. The molecule has 1 saturated heterocycles. The SMILES string of the molecule is CCCOCCOCCCC(=O)CCC(=O)NCCOCCOCCCC(=O)CCC(=O)N[C@@H](CCCCNC(=O)[C@H](N)CSC1CC(=O)N(CC2CCC(C(=O)CCCCC(O)(P(=O)(O)O)P(=O)(O)O)CC2)C1=O)C(N)=O. The molecule has 448 valence electrons. The quantitative estimate of drug-likeness (QED) is 0.0233. The molecule has 0 spiro atoms. The standard InChI is InChI=1S/C49H86N6O20P2S/c1-2-24-72-28-29-73-25-7-9-37(56)17-19-43(59)52-23-27-75-31-30-74-26-8-10-38(57)18-20-44(60)54-40(46(51)62)11-4-6-22-53-47(63)39(50)34-78-42-32-45(61)55(48(42)64)33-35-13-15-36(16-14-35)41(58)12-3-5-21-49(65,76(66,67)68)77(69,70)71/h35-36,39-40,42,65H,2-34,50H2,1H3,(H2,51,62)(H,52,59)(H,53,63)(H,54,60)(H2,66,67,68)(H2,69,70,71)/t35?,36?,39-,40+,42?/m1/s1. The topological polar surface area (TPSA) is 417 Å². The Morgan fingerprint density at radius 2 is 1.26 bits per heavy atom. The summed E-state index contributed by atoms with van der Waals surface area (Å²) in [6, 6.07) is -1.97. The number of hydrogen-bond acceptors (Lipinski definition) is 18. The van der Waals surface area contributed by atoms with E-state index in [4.69, 9.17) is 30.4 Å². The Balaban J connectivity index is 1.51. The van der Waals surface area contributed by atoms with E-state index < -0.39 is 61.8 Å². The van der Waals surface area contributed by atoms with Gasteiger partial charge in [-0.2, -0.15) is 0 Å². The van der Waals surface area contributed by atoms with Gasteiger partial charge in [-0.25, -0.2) is 0 Å². The molecule has 29 heteroatoms. The number of nitrogens with zero attached hydrogens (tertiary/aromatic N) is 1. The molecule has 26 nitrogen and oxygen atoms in total. The molecule has 1 aliphatic heterocycles. The fourth-order valence-electron chi connectivity index (χ4n) is 8.53. The lowest BCUT2D eigenvalue weighted by molar-refractivity contribution is -0.139. The van der Waals surface area contributed by atoms with Crippen LogP contribution in [0.1, 0.15) is 142 Å². The number of thioether (sulfide) groups is 1. The van der Waals surface area contributed by atoms with Gasteiger partial charge in [0, 0.05) is 102 Å². The van der Waals surface area contributed by atoms with E-state index in [2.05, 4.69) is 16.0 Å². The van der Waals surface area contributed by atoms with Gasteiger partial charge in [0.1, 0.15) is 23.4 Å². The molecule has 0 bridgehead atoms. The molecule has 6 amide bonds. The van der Waals surface area contributed by atoms with Crippen LogP contribution in [-0.4, -0.2) is 183 Å². The maximum absolute atomic E-state index is 13.2. The smallest absolute Gasteiger partial charge is 0.369 e. The number of nitrogens with one attached hydrogen (secondary N) is 3. The van der Waals surface area contributed by atoms with Crippen molar-refractivity contribution >= 4 is 79.7 Å². The minimum Gasteiger partial charge on any atom is -0.379 e. The zero-order chi connectivity index (χ0) is 58.2. The minimum atomic E-state index is -5.57. The van der Waals surface area contributed by atoms with Crippen molar-refractivity contribution in [3.05, 3.63) is 0 Å². The van der Waals surface area contributed by atoms with E-state index in [-0.39, 0.29) is 150 Å². The highest BCUT2D eigenvalue weighted by atomic mass is 32.2. The van der Waals surface area contributed by atoms with Crippen molar-refractivity contribution in [2.45, 2.75) is 164 Å². The van der Waals surface area contributed by atoms with Gasteiger partial charge in [0.15, 0.2) is 0 Å². The Kier molecular flexibility index (Phi) is 34.6. The molecular formula is C49H86N6O20P2S. The highest BCUT2D eigenvalue weighted by Gasteiger charge is 2.58. The maximum atomic E-state index is 13.2. The van der Waals surface area contributed by atoms with Crippen molar-refractivity contribution in [3.63, 3.8) is 0 Å². The molecule has 2 fully saturated rings. The van der Waals surface area contributed by atoms with Crippen molar-refractivity contribution < 1.29 is 95.9 Å². The van der Waals surface area contributed by atoms with E-state index in [1.54, 1.807) is 0 Å². The largest absolute Gasteiger partial charge is 0.379 e. The van der Waals surface area contributed by atoms with Gasteiger partial charge in [0.25, 0.3) is 5.08 Å². The van der Waals surface area contributed by atoms with Crippen LogP contribution in [0.3, 0.4) is 0 Å². The number of ketones is 3. The van der Waals surface area contributed by atoms with E-state index in [0.29, 0.717) is 97.4 Å². The first-order valence-electron chi connectivity index (χ1n) is 26.9. The molecule has 1 heterocycles. The highest BCUT2D eigenvalue weighted by molar-refractivity contribution is 8.00. The summed E-state index contributed by atoms with van der Waals surface area (Å²) in [5, 5.41) is 13.8. The number of aliphatic hydroxyl groups is 1. The first kappa shape index (κ1) is 70.5. The summed E-state index contributed by atoms with van der Waals surface area (Å²) in [5.41, 5.74) is 11.6. The lowest BCUT2D eigenvalue weighted by Gasteiger charge is -2.30. The summed E-state index contributed by atoms with van der Waals surface area (Å²) in [5.74, 6) is -3.29. The summed E-state index contributed by atoms with van der Waals surface area (Å²) in [6.07, 6.45) is 4.63. The predicted molar refractivity (Wildman–Crippen MR) is 285 cm³/mol. The normalized spacial score (nSPS) is 17.9. The molecule has 2 aliphatic rings. The number of unbranched alkanes of at least 4 members (excludes halogenated alkanes) is 2. The van der Waals surface area contributed by atoms with Crippen LogP contribution in [0, 0.1) is 11.8 Å². The number of imide groups is 1. The van der Waals surface area contributed by atoms with Crippen LogP contribution >= 0.6 is 27.0 Å². The van der Waals surface area contributed by atoms with Gasteiger partial charge in [0.05, 0.1) is 44.3 Å². The first-order valence-corrected chi connectivity index (χ1v) is 31.2. The number of ether oxygens (including phenoxy) is 4. The minimum absolute atomic E-state index is 0.00718. The van der Waals surface area contributed by atoms with Crippen LogP contribution in [0.2, 0.25) is 0 Å². The second kappa shape index (κ2) is 38.2. The molecule has 0 aromatic rings. The molecule has 0 aromatic carbocycles. The summed E-state index contributed by atoms with van der Waals surface area (Å²) in [6.45, 7) is 6.03. The molecule has 1 unspecified atom stereocenters. The fourth-order valence-corrected chi connectivity index (χ4v) is 11.9. The number of carbonyl (C=O) groups is 9. The number of rotatable bonds is 46. The highest BCUT2D eigenvalue weighted by Crippen LogP contribution is 2.69. The molecular weight excluding hydrogens is 1090 g/mol. The van der Waals surface area contributed by atoms with Crippen molar-refractivity contribution in [2.75, 3.05) is 78.2 Å². The van der Waals surface area contributed by atoms with Crippen LogP contribution in [0.25, 0.3) is 0 Å². The monoisotopic (exact) mass is 1170 g/mol. The van der Waals surface area contributed by atoms with Crippen LogP contribution < -0.4 is 27.4 Å². The average molecular weight is 1170 g/mol. The van der Waals surface area contributed by atoms with Crippen molar-refractivity contribution in [2.24, 2.45) is 23.3 Å². The molecule has 0 radical (unpaired) electrons. The Hall–Kier alpha value is -3.56. The molecule has 12 N–H and O–H groups in total. The molecule has 0 aromatic heterocycles. The lowest BCUT2D eigenvalue weighted by Crippen LogP contribution is -2.45. The molecule has 1 saturated carbocycles. The van der Waals surface area contributed by atoms with E-state index in [1.807, 2.05) is 6.92 Å². The van der Waals surface area contributed by atoms with Gasteiger partial charge in [-0.15, -0.1) is 11.8 Å². The van der Waals surface area contributed by atoms with Crippen molar-refractivity contribution in [1.82, 2.24) is 20.9 Å². The predicted octanol–water partition coefficient (Wildman–Crippen LogP) is 1.22. The van der Waals surface area contributed by atoms with Gasteiger partial charge in [-0.1, -0.05) is 6.92 Å². The fraction of sp³-hybridized carbons (Fsp3) is 0.816. The molecule has 1 aliphatic carbocycles. The van der Waals surface area contributed by atoms with Gasteiger partial charge in [0.2, 0.25) is 35.4 Å². The number of nitrogens with two attached hydrogens (primary N) is 2. The third kappa shape index (κ3) is 28.2. The molecule has 2 rings (SSSR count). The number of Topliss-reactive ketones (excluding diaryl/α,β-unsaturated/α-hetero) is 3. The van der Waals surface area contributed by atoms with E-state index in [0.717, 1.165) is 18.2 Å². The van der Waals surface area contributed by atoms with E-state index in [1.165, 1.54) is 4.90 Å². The maximum Gasteiger partial charge on any atom is 0.369 e. The Morgan fingerprint density at radius 3 is 1.82 bits per heavy atom. The van der Waals surface area contributed by atoms with Gasteiger partial charge >= 0.3 is 15.2 Å². The summed E-state index contributed by atoms with van der Waals surface area (Å²) in [7, 11) is -11.1. The van der Waals surface area contributed by atoms with Crippen LogP contribution in [-0.2, 0) is 71.2 Å². The molecule has 3 atom stereocenters. The van der Waals surface area contributed by atoms with Crippen LogP contribution in [0.5, 0.6) is 0 Å². The van der Waals surface area contributed by atoms with Crippen molar-refractivity contribution in [1.29, 1.82) is 0 Å². The van der Waals surface area contributed by atoms with Crippen molar-refractivity contribution in [3.8, 4) is 0 Å². The number of hydrogen-bond donors (Lipinski definition) is 10. The first-order chi connectivity index (χ1) is 36.9. The van der Waals surface area contributed by atoms with E-state index in [9.17, 15) is 77.0 Å². The third-order valence-corrected chi connectivity index (χ3v) is 18.4. The molecule has 78 heavy (non-hydrogen) atoms.